The Kier molecular flexibility index (Phi) is 7.03. The smallest absolute Gasteiger partial charge is 0.273 e. The number of benzene rings is 2. The van der Waals surface area contributed by atoms with Gasteiger partial charge in [-0.15, -0.1) is 0 Å². The summed E-state index contributed by atoms with van der Waals surface area (Å²) in [5.74, 6) is 1.05. The number of amides is 1. The molecule has 2 aromatic carbocycles. The summed E-state index contributed by atoms with van der Waals surface area (Å²) in [6.07, 6.45) is 0. The van der Waals surface area contributed by atoms with E-state index in [1.165, 1.54) is 5.56 Å². The first kappa shape index (κ1) is 20.6. The van der Waals surface area contributed by atoms with Crippen molar-refractivity contribution >= 4 is 5.91 Å². The molecule has 6 heteroatoms. The van der Waals surface area contributed by atoms with Crippen LogP contribution in [0, 0.1) is 0 Å². The monoisotopic (exact) mass is 393 g/mol. The predicted molar refractivity (Wildman–Crippen MR) is 113 cm³/mol. The molecule has 0 saturated carbocycles. The Morgan fingerprint density at radius 3 is 2.41 bits per heavy atom. The third kappa shape index (κ3) is 5.03. The molecule has 1 atom stereocenters. The largest absolute Gasteiger partial charge is 0.497 e. The summed E-state index contributed by atoms with van der Waals surface area (Å²) in [6, 6.07) is 19.4. The summed E-state index contributed by atoms with van der Waals surface area (Å²) in [5.41, 5.74) is 2.28. The molecule has 0 saturated heterocycles. The zero-order valence-electron chi connectivity index (χ0n) is 17.1. The maximum Gasteiger partial charge on any atom is 0.273 e. The molecular formula is C23H27N3O3. The van der Waals surface area contributed by atoms with Crippen LogP contribution in [0.15, 0.2) is 65.2 Å². The fraction of sp³-hybridized carbons (Fsp3) is 0.304. The second-order valence-corrected chi connectivity index (χ2v) is 6.66. The molecule has 0 aliphatic heterocycles. The highest BCUT2D eigenvalue weighted by molar-refractivity contribution is 5.93. The van der Waals surface area contributed by atoms with Crippen molar-refractivity contribution in [2.24, 2.45) is 0 Å². The molecule has 0 fully saturated rings. The molecule has 0 aliphatic carbocycles. The van der Waals surface area contributed by atoms with Crippen LogP contribution < -0.4 is 10.1 Å². The Morgan fingerprint density at radius 1 is 1.10 bits per heavy atom. The number of hydrogen-bond acceptors (Lipinski definition) is 5. The van der Waals surface area contributed by atoms with Gasteiger partial charge in [-0.2, -0.15) is 0 Å². The molecule has 6 nitrogen and oxygen atoms in total. The molecule has 0 bridgehead atoms. The molecule has 1 aromatic heterocycles. The van der Waals surface area contributed by atoms with Crippen LogP contribution in [-0.2, 0) is 0 Å². The van der Waals surface area contributed by atoms with Gasteiger partial charge in [-0.1, -0.05) is 49.3 Å². The molecule has 152 valence electrons. The lowest BCUT2D eigenvalue weighted by Crippen LogP contribution is -2.38. The van der Waals surface area contributed by atoms with Gasteiger partial charge in [0.25, 0.3) is 5.91 Å². The van der Waals surface area contributed by atoms with Gasteiger partial charge in [-0.3, -0.25) is 9.69 Å². The highest BCUT2D eigenvalue weighted by Gasteiger charge is 2.20. The van der Waals surface area contributed by atoms with E-state index in [1.54, 1.807) is 13.2 Å². The standard InChI is InChI=1S/C23H27N3O3/c1-4-26(5-2)21(17-9-7-6-8-10-17)16-24-23(27)20-15-22(29-25-20)18-11-13-19(28-3)14-12-18/h6-15,21H,4-5,16H2,1-3H3,(H,24,27)/t21-/m0/s1. The van der Waals surface area contributed by atoms with E-state index in [-0.39, 0.29) is 17.6 Å². The van der Waals surface area contributed by atoms with Gasteiger partial charge < -0.3 is 14.6 Å². The number of likely N-dealkylation sites (N-methyl/N-ethyl adjacent to an activating group) is 1. The van der Waals surface area contributed by atoms with Gasteiger partial charge in [0, 0.05) is 18.2 Å². The molecule has 3 rings (SSSR count). The van der Waals surface area contributed by atoms with Crippen LogP contribution in [0.25, 0.3) is 11.3 Å². The summed E-state index contributed by atoms with van der Waals surface area (Å²) in [7, 11) is 1.62. The van der Waals surface area contributed by atoms with Crippen LogP contribution in [0.4, 0.5) is 0 Å². The number of rotatable bonds is 9. The molecule has 3 aromatic rings. The fourth-order valence-corrected chi connectivity index (χ4v) is 3.35. The molecular weight excluding hydrogens is 366 g/mol. The quantitative estimate of drug-likeness (QED) is 0.591. The minimum absolute atomic E-state index is 0.100. The highest BCUT2D eigenvalue weighted by Crippen LogP contribution is 2.23. The summed E-state index contributed by atoms with van der Waals surface area (Å²) in [4.78, 5) is 15.0. The van der Waals surface area contributed by atoms with E-state index in [4.69, 9.17) is 9.26 Å². The Morgan fingerprint density at radius 2 is 1.79 bits per heavy atom. The summed E-state index contributed by atoms with van der Waals surface area (Å²) in [6.45, 7) is 6.55. The number of nitrogens with one attached hydrogen (secondary N) is 1. The van der Waals surface area contributed by atoms with Crippen molar-refractivity contribution in [2.75, 3.05) is 26.7 Å². The molecule has 1 N–H and O–H groups in total. The van der Waals surface area contributed by atoms with Crippen LogP contribution in [-0.4, -0.2) is 42.7 Å². The van der Waals surface area contributed by atoms with Crippen molar-refractivity contribution in [3.63, 3.8) is 0 Å². The van der Waals surface area contributed by atoms with Crippen molar-refractivity contribution in [3.05, 3.63) is 71.9 Å². The minimum atomic E-state index is -0.249. The molecule has 0 spiro atoms. The van der Waals surface area contributed by atoms with Gasteiger partial charge >= 0.3 is 0 Å². The predicted octanol–water partition coefficient (Wildman–Crippen LogP) is 4.16. The van der Waals surface area contributed by atoms with Gasteiger partial charge in [-0.25, -0.2) is 0 Å². The topological polar surface area (TPSA) is 67.6 Å². The number of nitrogens with zero attached hydrogens (tertiary/aromatic N) is 2. The van der Waals surface area contributed by atoms with Gasteiger partial charge in [-0.05, 0) is 42.9 Å². The number of carbonyl (C=O) groups is 1. The fourth-order valence-electron chi connectivity index (χ4n) is 3.35. The highest BCUT2D eigenvalue weighted by atomic mass is 16.5. The van der Waals surface area contributed by atoms with E-state index in [1.807, 2.05) is 42.5 Å². The van der Waals surface area contributed by atoms with E-state index in [0.29, 0.717) is 12.3 Å². The lowest BCUT2D eigenvalue weighted by molar-refractivity contribution is 0.0926. The average molecular weight is 393 g/mol. The van der Waals surface area contributed by atoms with Crippen molar-refractivity contribution < 1.29 is 14.1 Å². The van der Waals surface area contributed by atoms with Crippen molar-refractivity contribution in [2.45, 2.75) is 19.9 Å². The van der Waals surface area contributed by atoms with E-state index in [2.05, 4.69) is 41.4 Å². The van der Waals surface area contributed by atoms with Crippen molar-refractivity contribution in [3.8, 4) is 17.1 Å². The first-order chi connectivity index (χ1) is 14.2. The number of aromatic nitrogens is 1. The lowest BCUT2D eigenvalue weighted by atomic mass is 10.0. The Hall–Kier alpha value is -3.12. The van der Waals surface area contributed by atoms with Crippen LogP contribution in [0.3, 0.4) is 0 Å². The van der Waals surface area contributed by atoms with Crippen LogP contribution in [0.1, 0.15) is 35.9 Å². The van der Waals surface area contributed by atoms with Crippen LogP contribution in [0.2, 0.25) is 0 Å². The van der Waals surface area contributed by atoms with E-state index < -0.39 is 0 Å². The second kappa shape index (κ2) is 9.89. The molecule has 1 heterocycles. The average Bonchev–Trinajstić information content (AvgIpc) is 3.27. The third-order valence-electron chi connectivity index (χ3n) is 5.01. The Bertz CT molecular complexity index is 903. The van der Waals surface area contributed by atoms with Gasteiger partial charge in [0.05, 0.1) is 13.2 Å². The number of carbonyl (C=O) groups excluding carboxylic acids is 1. The van der Waals surface area contributed by atoms with Gasteiger partial charge in [0.2, 0.25) is 0 Å². The molecule has 0 radical (unpaired) electrons. The van der Waals surface area contributed by atoms with Crippen molar-refractivity contribution in [1.82, 2.24) is 15.4 Å². The lowest BCUT2D eigenvalue weighted by Gasteiger charge is -2.30. The van der Waals surface area contributed by atoms with E-state index in [0.717, 1.165) is 24.4 Å². The van der Waals surface area contributed by atoms with E-state index in [9.17, 15) is 4.79 Å². The van der Waals surface area contributed by atoms with Crippen molar-refractivity contribution in [1.29, 1.82) is 0 Å². The first-order valence-electron chi connectivity index (χ1n) is 9.84. The molecule has 0 unspecified atom stereocenters. The Balaban J connectivity index is 1.69. The number of ether oxygens (including phenoxy) is 1. The number of hydrogen-bond donors (Lipinski definition) is 1. The molecule has 1 amide bonds. The van der Waals surface area contributed by atoms with Crippen LogP contribution >= 0.6 is 0 Å². The first-order valence-corrected chi connectivity index (χ1v) is 9.84. The normalized spacial score (nSPS) is 12.0. The molecule has 0 aliphatic rings. The van der Waals surface area contributed by atoms with Gasteiger partial charge in [0.1, 0.15) is 5.75 Å². The summed E-state index contributed by atoms with van der Waals surface area (Å²) >= 11 is 0. The zero-order valence-corrected chi connectivity index (χ0v) is 17.1. The zero-order chi connectivity index (χ0) is 20.6. The third-order valence-corrected chi connectivity index (χ3v) is 5.01. The van der Waals surface area contributed by atoms with E-state index >= 15 is 0 Å². The SMILES string of the molecule is CCN(CC)[C@@H](CNC(=O)c1cc(-c2ccc(OC)cc2)on1)c1ccccc1. The Labute approximate surface area is 171 Å². The number of methoxy groups -OCH3 is 1. The maximum atomic E-state index is 12.7. The summed E-state index contributed by atoms with van der Waals surface area (Å²) < 4.78 is 10.5. The maximum absolute atomic E-state index is 12.7. The summed E-state index contributed by atoms with van der Waals surface area (Å²) in [5, 5.41) is 6.95. The molecule has 29 heavy (non-hydrogen) atoms. The second-order valence-electron chi connectivity index (χ2n) is 6.66. The van der Waals surface area contributed by atoms with Gasteiger partial charge in [0.15, 0.2) is 11.5 Å². The minimum Gasteiger partial charge on any atom is -0.497 e. The van der Waals surface area contributed by atoms with Crippen LogP contribution in [0.5, 0.6) is 5.75 Å².